The molecule has 1 aromatic rings. The summed E-state index contributed by atoms with van der Waals surface area (Å²) in [5, 5.41) is 0. The Kier molecular flexibility index (Phi) is 5.87. The summed E-state index contributed by atoms with van der Waals surface area (Å²) < 4.78 is 6.73. The molecule has 0 N–H and O–H groups in total. The summed E-state index contributed by atoms with van der Waals surface area (Å²) in [5.74, 6) is 0.726. The molecule has 4 nitrogen and oxygen atoms in total. The molecule has 122 valence electrons. The van der Waals surface area contributed by atoms with Gasteiger partial charge in [-0.05, 0) is 59.0 Å². The zero-order valence-electron chi connectivity index (χ0n) is 13.8. The van der Waals surface area contributed by atoms with Gasteiger partial charge in [-0.25, -0.2) is 0 Å². The van der Waals surface area contributed by atoms with E-state index in [1.807, 2.05) is 36.9 Å². The Morgan fingerprint density at radius 2 is 1.95 bits per heavy atom. The van der Waals surface area contributed by atoms with Crippen LogP contribution in [0.2, 0.25) is 0 Å². The summed E-state index contributed by atoms with van der Waals surface area (Å²) >= 11 is 3.44. The fourth-order valence-corrected chi connectivity index (χ4v) is 3.12. The standard InChI is InChI=1S/C17H25BrN2O2/c1-12(2)22-16-11-13(18)5-6-15(16)17(21)20-9-7-14(8-10-20)19(3)4/h5-6,11-12,14H,7-10H2,1-4H3. The quantitative estimate of drug-likeness (QED) is 0.816. The van der Waals surface area contributed by atoms with Gasteiger partial charge in [0, 0.05) is 23.6 Å². The van der Waals surface area contributed by atoms with E-state index < -0.39 is 0 Å². The third-order valence-corrected chi connectivity index (χ3v) is 4.51. The first-order chi connectivity index (χ1) is 10.4. The molecular weight excluding hydrogens is 344 g/mol. The van der Waals surface area contributed by atoms with Crippen molar-refractivity contribution >= 4 is 21.8 Å². The summed E-state index contributed by atoms with van der Waals surface area (Å²) in [5.41, 5.74) is 0.653. The van der Waals surface area contributed by atoms with Crippen LogP contribution in [-0.2, 0) is 0 Å². The molecule has 1 heterocycles. The molecule has 1 fully saturated rings. The molecule has 0 unspecified atom stereocenters. The van der Waals surface area contributed by atoms with E-state index in [0.29, 0.717) is 17.4 Å². The van der Waals surface area contributed by atoms with Crippen LogP contribution in [0.5, 0.6) is 5.75 Å². The second-order valence-corrected chi connectivity index (χ2v) is 7.21. The predicted molar refractivity (Wildman–Crippen MR) is 92.5 cm³/mol. The highest BCUT2D eigenvalue weighted by Crippen LogP contribution is 2.27. The highest BCUT2D eigenvalue weighted by Gasteiger charge is 2.26. The molecule has 0 aliphatic carbocycles. The number of rotatable bonds is 4. The van der Waals surface area contributed by atoms with Gasteiger partial charge >= 0.3 is 0 Å². The summed E-state index contributed by atoms with van der Waals surface area (Å²) in [4.78, 5) is 17.0. The van der Waals surface area contributed by atoms with Gasteiger partial charge in [0.1, 0.15) is 5.75 Å². The largest absolute Gasteiger partial charge is 0.490 e. The number of likely N-dealkylation sites (tertiary alicyclic amines) is 1. The molecule has 0 radical (unpaired) electrons. The summed E-state index contributed by atoms with van der Waals surface area (Å²) in [6.07, 6.45) is 2.09. The molecule has 0 atom stereocenters. The fraction of sp³-hybridized carbons (Fsp3) is 0.588. The third kappa shape index (κ3) is 4.23. The van der Waals surface area contributed by atoms with Gasteiger partial charge in [-0.15, -0.1) is 0 Å². The van der Waals surface area contributed by atoms with Gasteiger partial charge in [0.15, 0.2) is 0 Å². The van der Waals surface area contributed by atoms with E-state index in [0.717, 1.165) is 30.4 Å². The topological polar surface area (TPSA) is 32.8 Å². The van der Waals surface area contributed by atoms with Crippen molar-refractivity contribution < 1.29 is 9.53 Å². The van der Waals surface area contributed by atoms with E-state index in [-0.39, 0.29) is 12.0 Å². The third-order valence-electron chi connectivity index (χ3n) is 4.02. The average Bonchev–Trinajstić information content (AvgIpc) is 2.46. The Labute approximate surface area is 141 Å². The van der Waals surface area contributed by atoms with Crippen molar-refractivity contribution in [3.8, 4) is 5.75 Å². The lowest BCUT2D eigenvalue weighted by Crippen LogP contribution is -2.44. The van der Waals surface area contributed by atoms with E-state index in [1.54, 1.807) is 0 Å². The maximum absolute atomic E-state index is 12.8. The van der Waals surface area contributed by atoms with Gasteiger partial charge in [0.05, 0.1) is 11.7 Å². The van der Waals surface area contributed by atoms with Crippen LogP contribution in [0.4, 0.5) is 0 Å². The minimum Gasteiger partial charge on any atom is -0.490 e. The molecule has 0 saturated carbocycles. The first-order valence-corrected chi connectivity index (χ1v) is 8.59. The number of carbonyl (C=O) groups excluding carboxylic acids is 1. The Balaban J connectivity index is 2.13. The Morgan fingerprint density at radius 3 is 2.50 bits per heavy atom. The average molecular weight is 369 g/mol. The fourth-order valence-electron chi connectivity index (χ4n) is 2.78. The van der Waals surface area contributed by atoms with Gasteiger partial charge in [-0.2, -0.15) is 0 Å². The molecule has 2 rings (SSSR count). The number of piperidine rings is 1. The molecule has 0 spiro atoms. The minimum absolute atomic E-state index is 0.0420. The molecule has 22 heavy (non-hydrogen) atoms. The lowest BCUT2D eigenvalue weighted by Gasteiger charge is -2.35. The lowest BCUT2D eigenvalue weighted by molar-refractivity contribution is 0.0657. The van der Waals surface area contributed by atoms with Crippen molar-refractivity contribution in [3.05, 3.63) is 28.2 Å². The van der Waals surface area contributed by atoms with Crippen LogP contribution in [0.15, 0.2) is 22.7 Å². The number of halogens is 1. The predicted octanol–water partition coefficient (Wildman–Crippen LogP) is 3.40. The van der Waals surface area contributed by atoms with Crippen molar-refractivity contribution in [2.75, 3.05) is 27.2 Å². The van der Waals surface area contributed by atoms with Crippen LogP contribution in [0.1, 0.15) is 37.0 Å². The number of nitrogens with zero attached hydrogens (tertiary/aromatic N) is 2. The Bertz CT molecular complexity index is 523. The summed E-state index contributed by atoms with van der Waals surface area (Å²) in [7, 11) is 4.21. The van der Waals surface area contributed by atoms with Gasteiger partial charge in [0.25, 0.3) is 5.91 Å². The van der Waals surface area contributed by atoms with Crippen molar-refractivity contribution in [2.45, 2.75) is 38.8 Å². The molecule has 1 saturated heterocycles. The SMILES string of the molecule is CC(C)Oc1cc(Br)ccc1C(=O)N1CCC(N(C)C)CC1. The second kappa shape index (κ2) is 7.47. The molecule has 0 aromatic heterocycles. The molecule has 0 bridgehead atoms. The second-order valence-electron chi connectivity index (χ2n) is 6.29. The van der Waals surface area contributed by atoms with E-state index >= 15 is 0 Å². The first kappa shape index (κ1) is 17.3. The number of benzene rings is 1. The zero-order valence-corrected chi connectivity index (χ0v) is 15.4. The van der Waals surface area contributed by atoms with E-state index in [2.05, 4.69) is 34.9 Å². The molecular formula is C17H25BrN2O2. The molecule has 5 heteroatoms. The van der Waals surface area contributed by atoms with Crippen molar-refractivity contribution in [3.63, 3.8) is 0 Å². The van der Waals surface area contributed by atoms with Crippen LogP contribution in [0.3, 0.4) is 0 Å². The van der Waals surface area contributed by atoms with Crippen molar-refractivity contribution in [1.29, 1.82) is 0 Å². The van der Waals surface area contributed by atoms with Crippen LogP contribution in [0, 0.1) is 0 Å². The van der Waals surface area contributed by atoms with Crippen LogP contribution in [0.25, 0.3) is 0 Å². The number of ether oxygens (including phenoxy) is 1. The van der Waals surface area contributed by atoms with Gasteiger partial charge in [-0.3, -0.25) is 4.79 Å². The van der Waals surface area contributed by atoms with Crippen LogP contribution >= 0.6 is 15.9 Å². The van der Waals surface area contributed by atoms with Gasteiger partial charge in [-0.1, -0.05) is 15.9 Å². The maximum Gasteiger partial charge on any atom is 0.257 e. The molecule has 1 aliphatic rings. The van der Waals surface area contributed by atoms with Crippen molar-refractivity contribution in [2.24, 2.45) is 0 Å². The number of hydrogen-bond donors (Lipinski definition) is 0. The number of carbonyl (C=O) groups is 1. The molecule has 1 aromatic carbocycles. The monoisotopic (exact) mass is 368 g/mol. The van der Waals surface area contributed by atoms with E-state index in [9.17, 15) is 4.79 Å². The smallest absolute Gasteiger partial charge is 0.257 e. The summed E-state index contributed by atoms with van der Waals surface area (Å²) in [6.45, 7) is 5.55. The minimum atomic E-state index is 0.0420. The number of hydrogen-bond acceptors (Lipinski definition) is 3. The van der Waals surface area contributed by atoms with E-state index in [1.165, 1.54) is 0 Å². The highest BCUT2D eigenvalue weighted by atomic mass is 79.9. The molecule has 1 amide bonds. The lowest BCUT2D eigenvalue weighted by atomic mass is 10.0. The van der Waals surface area contributed by atoms with Gasteiger partial charge < -0.3 is 14.5 Å². The Morgan fingerprint density at radius 1 is 1.32 bits per heavy atom. The van der Waals surface area contributed by atoms with Crippen molar-refractivity contribution in [1.82, 2.24) is 9.80 Å². The highest BCUT2D eigenvalue weighted by molar-refractivity contribution is 9.10. The van der Waals surface area contributed by atoms with Gasteiger partial charge in [0.2, 0.25) is 0 Å². The summed E-state index contributed by atoms with van der Waals surface area (Å²) in [6, 6.07) is 6.19. The normalized spacial score (nSPS) is 16.4. The molecule has 1 aliphatic heterocycles. The van der Waals surface area contributed by atoms with Crippen LogP contribution < -0.4 is 4.74 Å². The Hall–Kier alpha value is -1.07. The number of amides is 1. The zero-order chi connectivity index (χ0) is 16.3. The van der Waals surface area contributed by atoms with E-state index in [4.69, 9.17) is 4.74 Å². The first-order valence-electron chi connectivity index (χ1n) is 7.80. The maximum atomic E-state index is 12.8. The van der Waals surface area contributed by atoms with Crippen LogP contribution in [-0.4, -0.2) is 55.0 Å².